The number of para-hydroxylation sites is 2. The van der Waals surface area contributed by atoms with Crippen molar-refractivity contribution in [1.29, 1.82) is 0 Å². The number of amides is 4. The summed E-state index contributed by atoms with van der Waals surface area (Å²) in [5.41, 5.74) is 2.74. The number of benzene rings is 4. The van der Waals surface area contributed by atoms with Gasteiger partial charge in [-0.2, -0.15) is 0 Å². The lowest BCUT2D eigenvalue weighted by Gasteiger charge is -2.28. The highest BCUT2D eigenvalue weighted by Gasteiger charge is 2.37. The van der Waals surface area contributed by atoms with E-state index in [-0.39, 0.29) is 5.57 Å². The lowest BCUT2D eigenvalue weighted by Crippen LogP contribution is -2.54. The molecule has 1 N–H and O–H groups in total. The Morgan fingerprint density at radius 1 is 0.806 bits per heavy atom. The number of carbonyl (C=O) groups excluding carboxylic acids is 3. The summed E-state index contributed by atoms with van der Waals surface area (Å²) in [6, 6.07) is 27.7. The van der Waals surface area contributed by atoms with E-state index >= 15 is 0 Å². The van der Waals surface area contributed by atoms with Crippen LogP contribution in [0.15, 0.2) is 96.6 Å². The van der Waals surface area contributed by atoms with E-state index in [9.17, 15) is 14.4 Å². The molecule has 0 aromatic heterocycles. The molecular weight excluding hydrogens is 452 g/mol. The zero-order chi connectivity index (χ0) is 25.1. The molecule has 0 bridgehead atoms. The number of barbiturate groups is 1. The van der Waals surface area contributed by atoms with E-state index in [4.69, 9.17) is 4.74 Å². The first kappa shape index (κ1) is 23.1. The van der Waals surface area contributed by atoms with Gasteiger partial charge in [0.1, 0.15) is 17.9 Å². The van der Waals surface area contributed by atoms with Gasteiger partial charge in [-0.15, -0.1) is 0 Å². The summed E-state index contributed by atoms with van der Waals surface area (Å²) in [6.07, 6.45) is 2.11. The molecule has 1 fully saturated rings. The quantitative estimate of drug-likeness (QED) is 0.288. The molecule has 1 aliphatic heterocycles. The SMILES string of the molecule is CCc1ccccc1N1C(=O)NC(=O)/C(=C/c2ccccc2OCc2cccc3ccccc23)C1=O. The van der Waals surface area contributed by atoms with Crippen molar-refractivity contribution in [3.63, 3.8) is 0 Å². The van der Waals surface area contributed by atoms with E-state index in [2.05, 4.69) is 5.32 Å². The fourth-order valence-electron chi connectivity index (χ4n) is 4.36. The number of fused-ring (bicyclic) bond motifs is 1. The summed E-state index contributed by atoms with van der Waals surface area (Å²) in [7, 11) is 0. The van der Waals surface area contributed by atoms with Crippen LogP contribution in [0.1, 0.15) is 23.6 Å². The average Bonchev–Trinajstić information content (AvgIpc) is 2.90. The molecule has 4 aromatic carbocycles. The third kappa shape index (κ3) is 4.36. The second-order valence-electron chi connectivity index (χ2n) is 8.40. The Morgan fingerprint density at radius 3 is 2.36 bits per heavy atom. The van der Waals surface area contributed by atoms with Gasteiger partial charge in [0.05, 0.1) is 5.69 Å². The number of anilines is 1. The maximum Gasteiger partial charge on any atom is 0.335 e. The number of hydrogen-bond donors (Lipinski definition) is 1. The lowest BCUT2D eigenvalue weighted by atomic mass is 10.0. The molecule has 4 aromatic rings. The Morgan fingerprint density at radius 2 is 1.50 bits per heavy atom. The van der Waals surface area contributed by atoms with Gasteiger partial charge < -0.3 is 4.74 Å². The second kappa shape index (κ2) is 9.88. The van der Waals surface area contributed by atoms with Crippen LogP contribution >= 0.6 is 0 Å². The minimum Gasteiger partial charge on any atom is -0.488 e. The highest BCUT2D eigenvalue weighted by atomic mass is 16.5. The van der Waals surface area contributed by atoms with Crippen LogP contribution < -0.4 is 15.0 Å². The summed E-state index contributed by atoms with van der Waals surface area (Å²) < 4.78 is 6.14. The summed E-state index contributed by atoms with van der Waals surface area (Å²) in [6.45, 7) is 2.26. The van der Waals surface area contributed by atoms with Crippen LogP contribution in [0.3, 0.4) is 0 Å². The van der Waals surface area contributed by atoms with Crippen molar-refractivity contribution in [3.8, 4) is 5.75 Å². The molecule has 0 spiro atoms. The fourth-order valence-corrected chi connectivity index (χ4v) is 4.36. The van der Waals surface area contributed by atoms with Gasteiger partial charge in [0.15, 0.2) is 0 Å². The molecule has 0 unspecified atom stereocenters. The van der Waals surface area contributed by atoms with Gasteiger partial charge in [0.25, 0.3) is 11.8 Å². The Balaban J connectivity index is 1.47. The van der Waals surface area contributed by atoms with Crippen LogP contribution in [0.5, 0.6) is 5.75 Å². The van der Waals surface area contributed by atoms with Gasteiger partial charge in [-0.1, -0.05) is 85.8 Å². The van der Waals surface area contributed by atoms with Crippen molar-refractivity contribution >= 4 is 40.4 Å². The molecule has 178 valence electrons. The zero-order valence-electron chi connectivity index (χ0n) is 19.7. The normalized spacial score (nSPS) is 14.9. The Hall–Kier alpha value is -4.71. The van der Waals surface area contributed by atoms with E-state index in [1.807, 2.05) is 67.6 Å². The third-order valence-corrected chi connectivity index (χ3v) is 6.20. The number of rotatable bonds is 6. The summed E-state index contributed by atoms with van der Waals surface area (Å²) >= 11 is 0. The van der Waals surface area contributed by atoms with Crippen molar-refractivity contribution in [2.24, 2.45) is 0 Å². The van der Waals surface area contributed by atoms with E-state index in [1.54, 1.807) is 30.3 Å². The lowest BCUT2D eigenvalue weighted by molar-refractivity contribution is -0.122. The molecular formula is C30H24N2O4. The molecule has 1 aliphatic rings. The van der Waals surface area contributed by atoms with E-state index in [1.165, 1.54) is 6.08 Å². The van der Waals surface area contributed by atoms with Crippen molar-refractivity contribution in [3.05, 3.63) is 113 Å². The number of hydrogen-bond acceptors (Lipinski definition) is 4. The first-order valence-corrected chi connectivity index (χ1v) is 11.7. The number of ether oxygens (including phenoxy) is 1. The topological polar surface area (TPSA) is 75.7 Å². The molecule has 6 heteroatoms. The largest absolute Gasteiger partial charge is 0.488 e. The molecule has 1 heterocycles. The molecule has 4 amide bonds. The predicted octanol–water partition coefficient (Wildman–Crippen LogP) is 5.65. The fraction of sp³-hybridized carbons (Fsp3) is 0.100. The van der Waals surface area contributed by atoms with Gasteiger partial charge in [-0.25, -0.2) is 9.69 Å². The number of aryl methyl sites for hydroxylation is 1. The third-order valence-electron chi connectivity index (χ3n) is 6.20. The molecule has 36 heavy (non-hydrogen) atoms. The van der Waals surface area contributed by atoms with Crippen molar-refractivity contribution in [2.45, 2.75) is 20.0 Å². The van der Waals surface area contributed by atoms with Crippen LogP contribution in [-0.2, 0) is 22.6 Å². The maximum atomic E-state index is 13.4. The zero-order valence-corrected chi connectivity index (χ0v) is 19.7. The monoisotopic (exact) mass is 476 g/mol. The molecule has 0 radical (unpaired) electrons. The number of nitrogens with zero attached hydrogens (tertiary/aromatic N) is 1. The molecule has 0 atom stereocenters. The predicted molar refractivity (Wildman–Crippen MR) is 140 cm³/mol. The van der Waals surface area contributed by atoms with Crippen molar-refractivity contribution in [2.75, 3.05) is 4.90 Å². The second-order valence-corrected chi connectivity index (χ2v) is 8.40. The van der Waals surface area contributed by atoms with Crippen molar-refractivity contribution < 1.29 is 19.1 Å². The maximum absolute atomic E-state index is 13.4. The standard InChI is InChI=1S/C30H24N2O4/c1-2-20-10-4-7-16-26(20)32-29(34)25(28(33)31-30(32)35)18-22-12-5-8-17-27(22)36-19-23-14-9-13-21-11-3-6-15-24(21)23/h3-18H,2,19H2,1H3,(H,31,33,35)/b25-18-. The molecule has 0 aliphatic carbocycles. The number of urea groups is 1. The minimum absolute atomic E-state index is 0.137. The van der Waals surface area contributed by atoms with E-state index in [0.29, 0.717) is 30.0 Å². The number of nitrogens with one attached hydrogen (secondary N) is 1. The molecule has 6 nitrogen and oxygen atoms in total. The Labute approximate surface area is 208 Å². The molecule has 0 saturated carbocycles. The Kier molecular flexibility index (Phi) is 6.33. The van der Waals surface area contributed by atoms with Gasteiger partial charge in [0, 0.05) is 5.56 Å². The van der Waals surface area contributed by atoms with E-state index < -0.39 is 17.8 Å². The first-order valence-electron chi connectivity index (χ1n) is 11.7. The number of carbonyl (C=O) groups is 3. The Bertz CT molecular complexity index is 1520. The van der Waals surface area contributed by atoms with Crippen LogP contribution in [0.2, 0.25) is 0 Å². The smallest absolute Gasteiger partial charge is 0.335 e. The summed E-state index contributed by atoms with van der Waals surface area (Å²) in [5, 5.41) is 4.51. The highest BCUT2D eigenvalue weighted by Crippen LogP contribution is 2.28. The average molecular weight is 477 g/mol. The summed E-state index contributed by atoms with van der Waals surface area (Å²) in [5.74, 6) is -0.886. The van der Waals surface area contributed by atoms with Crippen LogP contribution in [0.4, 0.5) is 10.5 Å². The molecule has 1 saturated heterocycles. The van der Waals surface area contributed by atoms with Gasteiger partial charge in [-0.05, 0) is 46.5 Å². The van der Waals surface area contributed by atoms with Crippen LogP contribution in [0.25, 0.3) is 16.8 Å². The van der Waals surface area contributed by atoms with Crippen LogP contribution in [-0.4, -0.2) is 17.8 Å². The minimum atomic E-state index is -0.761. The van der Waals surface area contributed by atoms with Crippen LogP contribution in [0, 0.1) is 0 Å². The molecule has 5 rings (SSSR count). The number of imide groups is 2. The van der Waals surface area contributed by atoms with Gasteiger partial charge in [0.2, 0.25) is 0 Å². The summed E-state index contributed by atoms with van der Waals surface area (Å²) in [4.78, 5) is 39.7. The first-order chi connectivity index (χ1) is 17.6. The highest BCUT2D eigenvalue weighted by molar-refractivity contribution is 6.39. The van der Waals surface area contributed by atoms with Gasteiger partial charge >= 0.3 is 6.03 Å². The van der Waals surface area contributed by atoms with E-state index in [0.717, 1.165) is 26.8 Å². The van der Waals surface area contributed by atoms with Crippen molar-refractivity contribution in [1.82, 2.24) is 5.32 Å². The van der Waals surface area contributed by atoms with Gasteiger partial charge in [-0.3, -0.25) is 14.9 Å².